The Bertz CT molecular complexity index is 349. The van der Waals surface area contributed by atoms with Gasteiger partial charge in [-0.05, 0) is 45.7 Å². The molecule has 0 unspecified atom stereocenters. The number of hydrogen-bond donors (Lipinski definition) is 0. The van der Waals surface area contributed by atoms with Gasteiger partial charge >= 0.3 is 0 Å². The highest BCUT2D eigenvalue weighted by atomic mass is 16.2. The summed E-state index contributed by atoms with van der Waals surface area (Å²) < 4.78 is 0. The number of nitrogens with zero attached hydrogens (tertiary/aromatic N) is 3. The zero-order chi connectivity index (χ0) is 14.6. The maximum absolute atomic E-state index is 12.3. The molecule has 0 atom stereocenters. The zero-order valence-corrected chi connectivity index (χ0v) is 12.9. The van der Waals surface area contributed by atoms with Crippen LogP contribution in [-0.4, -0.2) is 48.9 Å². The molecule has 4 nitrogen and oxygen atoms in total. The third-order valence-electron chi connectivity index (χ3n) is 4.24. The van der Waals surface area contributed by atoms with Crippen LogP contribution in [0.2, 0.25) is 0 Å². The Morgan fingerprint density at radius 2 is 1.84 bits per heavy atom. The molecular weight excluding hydrogens is 238 g/mol. The molecule has 1 aliphatic carbocycles. The lowest BCUT2D eigenvalue weighted by Gasteiger charge is -2.40. The molecule has 1 saturated carbocycles. The number of rotatable bonds is 4. The lowest BCUT2D eigenvalue weighted by Crippen LogP contribution is -2.48. The van der Waals surface area contributed by atoms with Gasteiger partial charge in [-0.2, -0.15) is 5.26 Å². The molecule has 0 spiro atoms. The Hall–Kier alpha value is -1.08. The number of hydrogen-bond acceptors (Lipinski definition) is 3. The van der Waals surface area contributed by atoms with Crippen LogP contribution >= 0.6 is 0 Å². The molecule has 0 radical (unpaired) electrons. The topological polar surface area (TPSA) is 47.3 Å². The second-order valence-corrected chi connectivity index (χ2v) is 6.42. The molecule has 0 N–H and O–H groups in total. The fourth-order valence-electron chi connectivity index (χ4n) is 2.95. The van der Waals surface area contributed by atoms with Crippen LogP contribution in [0, 0.1) is 23.2 Å². The van der Waals surface area contributed by atoms with Crippen molar-refractivity contribution in [1.82, 2.24) is 9.80 Å². The normalized spacial score (nSPS) is 27.4. The second-order valence-electron chi connectivity index (χ2n) is 6.42. The van der Waals surface area contributed by atoms with E-state index in [1.54, 1.807) is 0 Å². The third kappa shape index (κ3) is 3.70. The first-order chi connectivity index (χ1) is 8.82. The summed E-state index contributed by atoms with van der Waals surface area (Å²) in [5, 5.41) is 9.38. The van der Waals surface area contributed by atoms with Gasteiger partial charge < -0.3 is 4.90 Å². The monoisotopic (exact) mass is 265 g/mol. The van der Waals surface area contributed by atoms with Crippen LogP contribution in [0.5, 0.6) is 0 Å². The predicted molar refractivity (Wildman–Crippen MR) is 76.5 cm³/mol. The van der Waals surface area contributed by atoms with E-state index in [1.807, 2.05) is 30.9 Å². The van der Waals surface area contributed by atoms with Crippen LogP contribution in [0.4, 0.5) is 0 Å². The summed E-state index contributed by atoms with van der Waals surface area (Å²) in [7, 11) is 5.80. The van der Waals surface area contributed by atoms with Crippen LogP contribution in [0.3, 0.4) is 0 Å². The zero-order valence-electron chi connectivity index (χ0n) is 12.9. The SMILES string of the molecule is CC(C)CN(C)C(=O)C1CCC(C#N)(N(C)C)CC1. The lowest BCUT2D eigenvalue weighted by molar-refractivity contribution is -0.136. The maximum atomic E-state index is 12.3. The minimum absolute atomic E-state index is 0.102. The van der Waals surface area contributed by atoms with Gasteiger partial charge in [-0.1, -0.05) is 13.8 Å². The molecule has 0 aromatic carbocycles. The molecule has 1 amide bonds. The van der Waals surface area contributed by atoms with Gasteiger partial charge in [-0.25, -0.2) is 0 Å². The first-order valence-electron chi connectivity index (χ1n) is 7.16. The average Bonchev–Trinajstić information content (AvgIpc) is 2.37. The smallest absolute Gasteiger partial charge is 0.225 e. The molecule has 0 heterocycles. The lowest BCUT2D eigenvalue weighted by atomic mass is 9.76. The highest BCUT2D eigenvalue weighted by molar-refractivity contribution is 5.78. The molecule has 1 rings (SSSR count). The van der Waals surface area contributed by atoms with Crippen molar-refractivity contribution < 1.29 is 4.79 Å². The van der Waals surface area contributed by atoms with E-state index in [-0.39, 0.29) is 17.4 Å². The highest BCUT2D eigenvalue weighted by Gasteiger charge is 2.39. The maximum Gasteiger partial charge on any atom is 0.225 e. The minimum Gasteiger partial charge on any atom is -0.345 e. The summed E-state index contributed by atoms with van der Waals surface area (Å²) in [5.74, 6) is 0.849. The molecular formula is C15H27N3O. The number of carbonyl (C=O) groups excluding carboxylic acids is 1. The van der Waals surface area contributed by atoms with Gasteiger partial charge in [-0.15, -0.1) is 0 Å². The van der Waals surface area contributed by atoms with E-state index in [2.05, 4.69) is 19.9 Å². The average molecular weight is 265 g/mol. The van der Waals surface area contributed by atoms with Crippen molar-refractivity contribution in [3.05, 3.63) is 0 Å². The van der Waals surface area contributed by atoms with Crippen molar-refractivity contribution >= 4 is 5.91 Å². The van der Waals surface area contributed by atoms with Gasteiger partial charge in [0.05, 0.1) is 6.07 Å². The molecule has 19 heavy (non-hydrogen) atoms. The van der Waals surface area contributed by atoms with E-state index in [1.165, 1.54) is 0 Å². The molecule has 1 aliphatic rings. The Balaban J connectivity index is 2.59. The highest BCUT2D eigenvalue weighted by Crippen LogP contribution is 2.35. The molecule has 0 aromatic rings. The van der Waals surface area contributed by atoms with Gasteiger partial charge in [-0.3, -0.25) is 9.69 Å². The van der Waals surface area contributed by atoms with Crippen molar-refractivity contribution in [3.8, 4) is 6.07 Å². The number of carbonyl (C=O) groups is 1. The van der Waals surface area contributed by atoms with Crippen LogP contribution in [-0.2, 0) is 4.79 Å². The van der Waals surface area contributed by atoms with Crippen LogP contribution < -0.4 is 0 Å². The quantitative estimate of drug-likeness (QED) is 0.782. The van der Waals surface area contributed by atoms with Gasteiger partial charge in [0.15, 0.2) is 0 Å². The fourth-order valence-corrected chi connectivity index (χ4v) is 2.95. The molecule has 0 bridgehead atoms. The molecule has 0 aromatic heterocycles. The van der Waals surface area contributed by atoms with Crippen LogP contribution in [0.15, 0.2) is 0 Å². The van der Waals surface area contributed by atoms with E-state index < -0.39 is 0 Å². The van der Waals surface area contributed by atoms with E-state index in [4.69, 9.17) is 0 Å². The molecule has 4 heteroatoms. The first kappa shape index (κ1) is 16.0. The molecule has 0 aliphatic heterocycles. The molecule has 1 fully saturated rings. The Morgan fingerprint density at radius 3 is 2.21 bits per heavy atom. The van der Waals surface area contributed by atoms with E-state index in [0.29, 0.717) is 5.92 Å². The van der Waals surface area contributed by atoms with Gasteiger partial charge in [0, 0.05) is 19.5 Å². The number of amides is 1. The Morgan fingerprint density at radius 1 is 1.32 bits per heavy atom. The summed E-state index contributed by atoms with van der Waals surface area (Å²) >= 11 is 0. The van der Waals surface area contributed by atoms with E-state index in [9.17, 15) is 10.1 Å². The largest absolute Gasteiger partial charge is 0.345 e. The first-order valence-corrected chi connectivity index (χ1v) is 7.16. The number of nitriles is 1. The van der Waals surface area contributed by atoms with Gasteiger partial charge in [0.25, 0.3) is 0 Å². The second kappa shape index (κ2) is 6.38. The van der Waals surface area contributed by atoms with Gasteiger partial charge in [0.2, 0.25) is 5.91 Å². The summed E-state index contributed by atoms with van der Waals surface area (Å²) in [6, 6.07) is 2.44. The fraction of sp³-hybridized carbons (Fsp3) is 0.867. The van der Waals surface area contributed by atoms with Crippen LogP contribution in [0.25, 0.3) is 0 Å². The molecule has 108 valence electrons. The van der Waals surface area contributed by atoms with Gasteiger partial charge in [0.1, 0.15) is 5.54 Å². The van der Waals surface area contributed by atoms with E-state index in [0.717, 1.165) is 32.2 Å². The standard InChI is InChI=1S/C15H27N3O/c1-12(2)10-18(5)14(19)13-6-8-15(11-16,9-7-13)17(3)4/h12-13H,6-10H2,1-5H3. The predicted octanol–water partition coefficient (Wildman–Crippen LogP) is 2.11. The van der Waals surface area contributed by atoms with Crippen molar-refractivity contribution in [3.63, 3.8) is 0 Å². The molecule has 0 saturated heterocycles. The van der Waals surface area contributed by atoms with E-state index >= 15 is 0 Å². The summed E-state index contributed by atoms with van der Waals surface area (Å²) in [6.45, 7) is 5.06. The Labute approximate surface area is 117 Å². The van der Waals surface area contributed by atoms with Crippen molar-refractivity contribution in [2.24, 2.45) is 11.8 Å². The van der Waals surface area contributed by atoms with Crippen molar-refractivity contribution in [1.29, 1.82) is 5.26 Å². The van der Waals surface area contributed by atoms with Crippen molar-refractivity contribution in [2.45, 2.75) is 45.1 Å². The summed E-state index contributed by atoms with van der Waals surface area (Å²) in [6.07, 6.45) is 3.24. The Kier molecular flexibility index (Phi) is 5.37. The minimum atomic E-state index is -0.368. The third-order valence-corrected chi connectivity index (χ3v) is 4.24. The summed E-state index contributed by atoms with van der Waals surface area (Å²) in [5.41, 5.74) is -0.368. The summed E-state index contributed by atoms with van der Waals surface area (Å²) in [4.78, 5) is 16.2. The van der Waals surface area contributed by atoms with Crippen LogP contribution in [0.1, 0.15) is 39.5 Å². The van der Waals surface area contributed by atoms with Crippen molar-refractivity contribution in [2.75, 3.05) is 27.7 Å².